The van der Waals surface area contributed by atoms with E-state index in [-0.39, 0.29) is 11.9 Å². The van der Waals surface area contributed by atoms with Crippen molar-refractivity contribution in [1.29, 1.82) is 0 Å². The highest BCUT2D eigenvalue weighted by molar-refractivity contribution is 5.82. The Bertz CT molecular complexity index is 407. The first-order valence-corrected chi connectivity index (χ1v) is 7.51. The summed E-state index contributed by atoms with van der Waals surface area (Å²) in [6.07, 6.45) is 3.07. The van der Waals surface area contributed by atoms with E-state index in [9.17, 15) is 4.79 Å². The standard InChI is InChI=1S/C16H25N3O/c1-17-10-6-11-18-16(20)15-9-5-12-19(15)13-14-7-3-2-4-8-14/h2-4,7-8,15,17H,5-6,9-13H2,1H3,(H,18,20). The molecule has 110 valence electrons. The fraction of sp³-hybridized carbons (Fsp3) is 0.562. The Hall–Kier alpha value is -1.39. The Morgan fingerprint density at radius 3 is 2.85 bits per heavy atom. The largest absolute Gasteiger partial charge is 0.355 e. The number of carbonyl (C=O) groups is 1. The highest BCUT2D eigenvalue weighted by Gasteiger charge is 2.30. The number of carbonyl (C=O) groups excluding carboxylic acids is 1. The summed E-state index contributed by atoms with van der Waals surface area (Å²) < 4.78 is 0. The third-order valence-corrected chi connectivity index (χ3v) is 3.80. The van der Waals surface area contributed by atoms with Crippen molar-refractivity contribution in [2.45, 2.75) is 31.8 Å². The molecular weight excluding hydrogens is 250 g/mol. The maximum absolute atomic E-state index is 12.2. The lowest BCUT2D eigenvalue weighted by molar-refractivity contribution is -0.125. The van der Waals surface area contributed by atoms with Crippen molar-refractivity contribution in [1.82, 2.24) is 15.5 Å². The van der Waals surface area contributed by atoms with Crippen LogP contribution < -0.4 is 10.6 Å². The van der Waals surface area contributed by atoms with Gasteiger partial charge >= 0.3 is 0 Å². The molecule has 2 rings (SSSR count). The summed E-state index contributed by atoms with van der Waals surface area (Å²) >= 11 is 0. The van der Waals surface area contributed by atoms with E-state index in [1.165, 1.54) is 5.56 Å². The molecule has 1 heterocycles. The Labute approximate surface area is 121 Å². The van der Waals surface area contributed by atoms with Crippen LogP contribution in [0.25, 0.3) is 0 Å². The van der Waals surface area contributed by atoms with Crippen molar-refractivity contribution in [2.24, 2.45) is 0 Å². The summed E-state index contributed by atoms with van der Waals surface area (Å²) in [6, 6.07) is 10.4. The molecule has 0 spiro atoms. The van der Waals surface area contributed by atoms with Crippen LogP contribution in [0.2, 0.25) is 0 Å². The van der Waals surface area contributed by atoms with Crippen molar-refractivity contribution >= 4 is 5.91 Å². The number of amides is 1. The van der Waals surface area contributed by atoms with Crippen molar-refractivity contribution < 1.29 is 4.79 Å². The van der Waals surface area contributed by atoms with Crippen LogP contribution in [-0.4, -0.2) is 43.5 Å². The van der Waals surface area contributed by atoms with Gasteiger partial charge in [0.2, 0.25) is 5.91 Å². The minimum atomic E-state index is 0.0461. The Kier molecular flexibility index (Phi) is 6.02. The molecule has 1 fully saturated rings. The summed E-state index contributed by atoms with van der Waals surface area (Å²) in [5.41, 5.74) is 1.28. The quantitative estimate of drug-likeness (QED) is 0.739. The second-order valence-corrected chi connectivity index (χ2v) is 5.36. The molecule has 0 aromatic heterocycles. The van der Waals surface area contributed by atoms with Crippen molar-refractivity contribution in [2.75, 3.05) is 26.7 Å². The predicted octanol–water partition coefficient (Wildman–Crippen LogP) is 1.38. The van der Waals surface area contributed by atoms with Crippen LogP contribution in [-0.2, 0) is 11.3 Å². The smallest absolute Gasteiger partial charge is 0.237 e. The maximum Gasteiger partial charge on any atom is 0.237 e. The van der Waals surface area contributed by atoms with Crippen molar-refractivity contribution in [3.05, 3.63) is 35.9 Å². The number of nitrogens with zero attached hydrogens (tertiary/aromatic N) is 1. The van der Waals surface area contributed by atoms with Gasteiger partial charge in [0.25, 0.3) is 0 Å². The van der Waals surface area contributed by atoms with Gasteiger partial charge in [-0.3, -0.25) is 9.69 Å². The number of benzene rings is 1. The highest BCUT2D eigenvalue weighted by atomic mass is 16.2. The molecule has 1 aromatic carbocycles. The third-order valence-electron chi connectivity index (χ3n) is 3.80. The molecule has 2 N–H and O–H groups in total. The Morgan fingerprint density at radius 1 is 1.30 bits per heavy atom. The molecule has 4 nitrogen and oxygen atoms in total. The van der Waals surface area contributed by atoms with Crippen LogP contribution in [0.3, 0.4) is 0 Å². The molecule has 0 bridgehead atoms. The van der Waals surface area contributed by atoms with Gasteiger partial charge in [0, 0.05) is 13.1 Å². The van der Waals surface area contributed by atoms with Gasteiger partial charge in [0.1, 0.15) is 0 Å². The predicted molar refractivity (Wildman–Crippen MR) is 81.4 cm³/mol. The minimum Gasteiger partial charge on any atom is -0.355 e. The second-order valence-electron chi connectivity index (χ2n) is 5.36. The normalized spacial score (nSPS) is 19.1. The summed E-state index contributed by atoms with van der Waals surface area (Å²) in [6.45, 7) is 3.59. The second kappa shape index (κ2) is 8.02. The van der Waals surface area contributed by atoms with Gasteiger partial charge in [0.15, 0.2) is 0 Å². The molecule has 20 heavy (non-hydrogen) atoms. The van der Waals surface area contributed by atoms with E-state index in [4.69, 9.17) is 0 Å². The average Bonchev–Trinajstić information content (AvgIpc) is 2.93. The van der Waals surface area contributed by atoms with E-state index in [2.05, 4.69) is 39.8 Å². The SMILES string of the molecule is CNCCCNC(=O)C1CCCN1Cc1ccccc1. The topological polar surface area (TPSA) is 44.4 Å². The molecule has 1 aliphatic rings. The van der Waals surface area contributed by atoms with Crippen LogP contribution in [0.15, 0.2) is 30.3 Å². The van der Waals surface area contributed by atoms with Crippen LogP contribution in [0.5, 0.6) is 0 Å². The van der Waals surface area contributed by atoms with E-state index in [0.29, 0.717) is 0 Å². The zero-order valence-electron chi connectivity index (χ0n) is 12.3. The first kappa shape index (κ1) is 15.0. The minimum absolute atomic E-state index is 0.0461. The van der Waals surface area contributed by atoms with Gasteiger partial charge in [0.05, 0.1) is 6.04 Å². The van der Waals surface area contributed by atoms with Gasteiger partial charge in [-0.2, -0.15) is 0 Å². The lowest BCUT2D eigenvalue weighted by Gasteiger charge is -2.23. The summed E-state index contributed by atoms with van der Waals surface area (Å²) in [4.78, 5) is 14.5. The monoisotopic (exact) mass is 275 g/mol. The van der Waals surface area contributed by atoms with E-state index >= 15 is 0 Å². The van der Waals surface area contributed by atoms with Crippen LogP contribution >= 0.6 is 0 Å². The average molecular weight is 275 g/mol. The van der Waals surface area contributed by atoms with Gasteiger partial charge in [-0.05, 0) is 45.0 Å². The summed E-state index contributed by atoms with van der Waals surface area (Å²) in [5, 5.41) is 6.15. The first-order valence-electron chi connectivity index (χ1n) is 7.51. The number of nitrogens with one attached hydrogen (secondary N) is 2. The molecular formula is C16H25N3O. The van der Waals surface area contributed by atoms with Crippen LogP contribution in [0, 0.1) is 0 Å². The molecule has 0 aliphatic carbocycles. The van der Waals surface area contributed by atoms with Gasteiger partial charge in [-0.1, -0.05) is 30.3 Å². The molecule has 4 heteroatoms. The lowest BCUT2D eigenvalue weighted by Crippen LogP contribution is -2.43. The molecule has 0 saturated carbocycles. The highest BCUT2D eigenvalue weighted by Crippen LogP contribution is 2.20. The zero-order chi connectivity index (χ0) is 14.2. The van der Waals surface area contributed by atoms with E-state index in [0.717, 1.165) is 45.4 Å². The molecule has 1 atom stereocenters. The Morgan fingerprint density at radius 2 is 2.10 bits per heavy atom. The van der Waals surface area contributed by atoms with Gasteiger partial charge in [-0.15, -0.1) is 0 Å². The molecule has 1 aromatic rings. The zero-order valence-corrected chi connectivity index (χ0v) is 12.3. The van der Waals surface area contributed by atoms with Crippen LogP contribution in [0.4, 0.5) is 0 Å². The fourth-order valence-corrected chi connectivity index (χ4v) is 2.72. The first-order chi connectivity index (χ1) is 9.81. The summed E-state index contributed by atoms with van der Waals surface area (Å²) in [7, 11) is 1.93. The lowest BCUT2D eigenvalue weighted by atomic mass is 10.1. The molecule has 0 radical (unpaired) electrons. The van der Waals surface area contributed by atoms with E-state index in [1.54, 1.807) is 0 Å². The number of hydrogen-bond acceptors (Lipinski definition) is 3. The van der Waals surface area contributed by atoms with Crippen molar-refractivity contribution in [3.63, 3.8) is 0 Å². The number of hydrogen-bond donors (Lipinski definition) is 2. The van der Waals surface area contributed by atoms with Crippen LogP contribution in [0.1, 0.15) is 24.8 Å². The maximum atomic E-state index is 12.2. The molecule has 1 aliphatic heterocycles. The van der Waals surface area contributed by atoms with E-state index in [1.807, 2.05) is 13.1 Å². The summed E-state index contributed by atoms with van der Waals surface area (Å²) in [5.74, 6) is 0.189. The Balaban J connectivity index is 1.82. The fourth-order valence-electron chi connectivity index (χ4n) is 2.72. The molecule has 1 unspecified atom stereocenters. The third kappa shape index (κ3) is 4.32. The molecule has 1 saturated heterocycles. The van der Waals surface area contributed by atoms with Crippen molar-refractivity contribution in [3.8, 4) is 0 Å². The van der Waals surface area contributed by atoms with Gasteiger partial charge < -0.3 is 10.6 Å². The molecule has 1 amide bonds. The van der Waals surface area contributed by atoms with E-state index < -0.39 is 0 Å². The number of rotatable bonds is 7. The number of likely N-dealkylation sites (tertiary alicyclic amines) is 1. The van der Waals surface area contributed by atoms with Gasteiger partial charge in [-0.25, -0.2) is 0 Å².